The molecule has 0 aromatic carbocycles. The van der Waals surface area contributed by atoms with Crippen LogP contribution in [-0.2, 0) is 0 Å². The van der Waals surface area contributed by atoms with Crippen LogP contribution in [0.5, 0.6) is 0 Å². The number of nitrogens with zero attached hydrogens (tertiary/aromatic N) is 2. The van der Waals surface area contributed by atoms with Gasteiger partial charge in [-0.3, -0.25) is 9.97 Å². The van der Waals surface area contributed by atoms with E-state index in [4.69, 9.17) is 0 Å². The maximum absolute atomic E-state index is 4.26. The molecular weight excluding hydrogens is 148 g/mol. The Bertz CT molecular complexity index is 390. The standard InChI is InChI=1S/C10H9N2/c1-2-8-5-7-11-9-4-3-6-12-10(8)9/h2-7H,1H3. The zero-order valence-corrected chi connectivity index (χ0v) is 6.86. The fourth-order valence-corrected chi connectivity index (χ4v) is 1.23. The van der Waals surface area contributed by atoms with Crippen LogP contribution >= 0.6 is 0 Å². The van der Waals surface area contributed by atoms with Gasteiger partial charge in [-0.25, -0.2) is 0 Å². The summed E-state index contributed by atoms with van der Waals surface area (Å²) in [7, 11) is 0. The molecule has 0 bridgehead atoms. The van der Waals surface area contributed by atoms with Gasteiger partial charge in [0.15, 0.2) is 0 Å². The Morgan fingerprint density at radius 2 is 2.08 bits per heavy atom. The topological polar surface area (TPSA) is 25.8 Å². The third kappa shape index (κ3) is 1.05. The van der Waals surface area contributed by atoms with E-state index in [1.807, 2.05) is 31.5 Å². The summed E-state index contributed by atoms with van der Waals surface area (Å²) in [6, 6.07) is 5.83. The second kappa shape index (κ2) is 2.89. The van der Waals surface area contributed by atoms with E-state index in [9.17, 15) is 0 Å². The Balaban J connectivity index is 2.79. The van der Waals surface area contributed by atoms with Crippen molar-refractivity contribution in [3.63, 3.8) is 0 Å². The molecule has 59 valence electrons. The van der Waals surface area contributed by atoms with E-state index in [1.54, 1.807) is 12.4 Å². The van der Waals surface area contributed by atoms with E-state index < -0.39 is 0 Å². The minimum atomic E-state index is 0.952. The summed E-state index contributed by atoms with van der Waals surface area (Å²) in [5.41, 5.74) is 3.07. The second-order valence-electron chi connectivity index (χ2n) is 2.56. The molecule has 2 aromatic rings. The first-order valence-electron chi connectivity index (χ1n) is 3.91. The van der Waals surface area contributed by atoms with Gasteiger partial charge in [-0.2, -0.15) is 0 Å². The number of aromatic nitrogens is 2. The molecule has 0 aliphatic rings. The van der Waals surface area contributed by atoms with Crippen LogP contribution in [0.15, 0.2) is 30.6 Å². The molecule has 0 aliphatic carbocycles. The molecule has 2 heteroatoms. The van der Waals surface area contributed by atoms with E-state index >= 15 is 0 Å². The van der Waals surface area contributed by atoms with Crippen LogP contribution in [-0.4, -0.2) is 9.97 Å². The SMILES string of the molecule is C[CH]c1ccnc2cccnc12. The molecule has 0 unspecified atom stereocenters. The summed E-state index contributed by atoms with van der Waals surface area (Å²) in [6.07, 6.45) is 5.63. The normalized spacial score (nSPS) is 10.4. The minimum Gasteiger partial charge on any atom is -0.255 e. The van der Waals surface area contributed by atoms with Crippen LogP contribution in [0.1, 0.15) is 12.5 Å². The molecule has 12 heavy (non-hydrogen) atoms. The van der Waals surface area contributed by atoms with Crippen molar-refractivity contribution in [3.8, 4) is 0 Å². The number of hydrogen-bond donors (Lipinski definition) is 0. The van der Waals surface area contributed by atoms with Gasteiger partial charge in [0.05, 0.1) is 11.0 Å². The van der Waals surface area contributed by atoms with E-state index in [0.29, 0.717) is 0 Å². The monoisotopic (exact) mass is 157 g/mol. The lowest BCUT2D eigenvalue weighted by Gasteiger charge is -1.99. The van der Waals surface area contributed by atoms with Crippen molar-refractivity contribution in [2.75, 3.05) is 0 Å². The summed E-state index contributed by atoms with van der Waals surface area (Å²) >= 11 is 0. The third-order valence-corrected chi connectivity index (χ3v) is 1.84. The number of pyridine rings is 2. The zero-order chi connectivity index (χ0) is 8.39. The summed E-state index contributed by atoms with van der Waals surface area (Å²) < 4.78 is 0. The van der Waals surface area contributed by atoms with Crippen LogP contribution in [0, 0.1) is 6.42 Å². The van der Waals surface area contributed by atoms with Crippen molar-refractivity contribution in [2.24, 2.45) is 0 Å². The van der Waals surface area contributed by atoms with Crippen LogP contribution in [0.3, 0.4) is 0 Å². The van der Waals surface area contributed by atoms with Crippen LogP contribution in [0.2, 0.25) is 0 Å². The van der Waals surface area contributed by atoms with Gasteiger partial charge in [0.1, 0.15) is 0 Å². The van der Waals surface area contributed by atoms with Gasteiger partial charge < -0.3 is 0 Å². The highest BCUT2D eigenvalue weighted by Crippen LogP contribution is 2.13. The van der Waals surface area contributed by atoms with E-state index in [0.717, 1.165) is 16.6 Å². The molecule has 0 aliphatic heterocycles. The molecule has 2 heterocycles. The average molecular weight is 157 g/mol. The molecule has 0 N–H and O–H groups in total. The van der Waals surface area contributed by atoms with Crippen LogP contribution in [0.4, 0.5) is 0 Å². The van der Waals surface area contributed by atoms with E-state index in [2.05, 4.69) is 9.97 Å². The Morgan fingerprint density at radius 3 is 2.92 bits per heavy atom. The highest BCUT2D eigenvalue weighted by molar-refractivity contribution is 5.78. The van der Waals surface area contributed by atoms with Crippen molar-refractivity contribution in [1.29, 1.82) is 0 Å². The Labute approximate surface area is 71.3 Å². The summed E-state index contributed by atoms with van der Waals surface area (Å²) in [5, 5.41) is 0. The van der Waals surface area contributed by atoms with Gasteiger partial charge in [-0.1, -0.05) is 6.92 Å². The van der Waals surface area contributed by atoms with Crippen molar-refractivity contribution >= 4 is 11.0 Å². The van der Waals surface area contributed by atoms with Gasteiger partial charge >= 0.3 is 0 Å². The average Bonchev–Trinajstić information content (AvgIpc) is 2.17. The number of rotatable bonds is 1. The Kier molecular flexibility index (Phi) is 1.74. The van der Waals surface area contributed by atoms with Crippen molar-refractivity contribution in [2.45, 2.75) is 6.92 Å². The molecule has 0 fully saturated rings. The predicted octanol–water partition coefficient (Wildman–Crippen LogP) is 2.20. The fraction of sp³-hybridized carbons (Fsp3) is 0.100. The molecule has 0 saturated heterocycles. The molecule has 0 spiro atoms. The molecule has 1 radical (unpaired) electrons. The van der Waals surface area contributed by atoms with E-state index in [1.165, 1.54) is 0 Å². The summed E-state index contributed by atoms with van der Waals surface area (Å²) in [6.45, 7) is 2.00. The van der Waals surface area contributed by atoms with Crippen molar-refractivity contribution < 1.29 is 0 Å². The highest BCUT2D eigenvalue weighted by Gasteiger charge is 1.98. The van der Waals surface area contributed by atoms with Crippen LogP contribution < -0.4 is 0 Å². The second-order valence-corrected chi connectivity index (χ2v) is 2.56. The van der Waals surface area contributed by atoms with Gasteiger partial charge in [-0.05, 0) is 30.2 Å². The molecule has 0 amide bonds. The van der Waals surface area contributed by atoms with E-state index in [-0.39, 0.29) is 0 Å². The first-order chi connectivity index (χ1) is 5.92. The van der Waals surface area contributed by atoms with Crippen molar-refractivity contribution in [3.05, 3.63) is 42.6 Å². The first-order valence-corrected chi connectivity index (χ1v) is 3.91. The molecule has 2 nitrogen and oxygen atoms in total. The van der Waals surface area contributed by atoms with Gasteiger partial charge in [-0.15, -0.1) is 0 Å². The lowest BCUT2D eigenvalue weighted by molar-refractivity contribution is 1.29. The number of fused-ring (bicyclic) bond motifs is 1. The summed E-state index contributed by atoms with van der Waals surface area (Å²) in [4.78, 5) is 8.47. The third-order valence-electron chi connectivity index (χ3n) is 1.84. The maximum Gasteiger partial charge on any atom is 0.0921 e. The maximum atomic E-state index is 4.26. The summed E-state index contributed by atoms with van der Waals surface area (Å²) in [5.74, 6) is 0. The predicted molar refractivity (Wildman–Crippen MR) is 48.6 cm³/mol. The lowest BCUT2D eigenvalue weighted by Crippen LogP contribution is -1.86. The van der Waals surface area contributed by atoms with Gasteiger partial charge in [0.2, 0.25) is 0 Å². The quantitative estimate of drug-likeness (QED) is 0.634. The van der Waals surface area contributed by atoms with Gasteiger partial charge in [0, 0.05) is 12.4 Å². The zero-order valence-electron chi connectivity index (χ0n) is 6.86. The highest BCUT2D eigenvalue weighted by atomic mass is 14.7. The lowest BCUT2D eigenvalue weighted by atomic mass is 10.1. The Morgan fingerprint density at radius 1 is 1.17 bits per heavy atom. The molecular formula is C10H9N2. The smallest absolute Gasteiger partial charge is 0.0921 e. The Hall–Kier alpha value is -1.44. The molecule has 2 rings (SSSR count). The van der Waals surface area contributed by atoms with Gasteiger partial charge in [0.25, 0.3) is 0 Å². The fourth-order valence-electron chi connectivity index (χ4n) is 1.23. The molecule has 0 atom stereocenters. The largest absolute Gasteiger partial charge is 0.255 e. The minimum absolute atomic E-state index is 0.952. The number of hydrogen-bond acceptors (Lipinski definition) is 2. The molecule has 0 saturated carbocycles. The van der Waals surface area contributed by atoms with Crippen molar-refractivity contribution in [1.82, 2.24) is 9.97 Å². The molecule has 2 aromatic heterocycles. The van der Waals surface area contributed by atoms with Crippen LogP contribution in [0.25, 0.3) is 11.0 Å². The first kappa shape index (κ1) is 7.22.